The van der Waals surface area contributed by atoms with Gasteiger partial charge in [0.1, 0.15) is 17.3 Å². The normalized spacial score (nSPS) is 13.3. The van der Waals surface area contributed by atoms with E-state index < -0.39 is 6.61 Å². The number of carbonyl (C=O) groups is 1. The summed E-state index contributed by atoms with van der Waals surface area (Å²) in [5.41, 5.74) is 1.28. The Morgan fingerprint density at radius 1 is 1.07 bits per heavy atom. The standard InChI is InChI=1S/C21H22F2N2O3.BrH/c1-27-17-11-7-16(8-12-17)25(20-4-2-3-13-24-20)14-19(26)15-5-9-18(10-6-15)28-21(22)23;/h5-12,21H,2-4,13-14H2,1H3;1H. The number of Topliss-reactive ketones (excluding diaryl/α,β-unsaturated/α-hetero) is 1. The highest BCUT2D eigenvalue weighted by Gasteiger charge is 2.20. The highest BCUT2D eigenvalue weighted by atomic mass is 79.9. The van der Waals surface area contributed by atoms with E-state index in [1.807, 2.05) is 29.2 Å². The van der Waals surface area contributed by atoms with E-state index in [0.29, 0.717) is 5.56 Å². The van der Waals surface area contributed by atoms with Crippen LogP contribution in [0.2, 0.25) is 0 Å². The van der Waals surface area contributed by atoms with Crippen molar-refractivity contribution in [2.75, 3.05) is 25.1 Å². The molecule has 0 unspecified atom stereocenters. The predicted octanol–water partition coefficient (Wildman–Crippen LogP) is 5.15. The Labute approximate surface area is 179 Å². The zero-order valence-electron chi connectivity index (χ0n) is 16.0. The highest BCUT2D eigenvalue weighted by Crippen LogP contribution is 2.23. The van der Waals surface area contributed by atoms with Crippen LogP contribution in [0.5, 0.6) is 11.5 Å². The van der Waals surface area contributed by atoms with E-state index in [4.69, 9.17) is 4.74 Å². The van der Waals surface area contributed by atoms with Gasteiger partial charge in [0, 0.05) is 24.2 Å². The van der Waals surface area contributed by atoms with E-state index in [9.17, 15) is 13.6 Å². The van der Waals surface area contributed by atoms with Crippen LogP contribution < -0.4 is 14.4 Å². The van der Waals surface area contributed by atoms with Crippen molar-refractivity contribution in [3.63, 3.8) is 0 Å². The van der Waals surface area contributed by atoms with Gasteiger partial charge in [-0.2, -0.15) is 8.78 Å². The van der Waals surface area contributed by atoms with Crippen molar-refractivity contribution in [3.8, 4) is 11.5 Å². The molecule has 0 saturated carbocycles. The molecule has 29 heavy (non-hydrogen) atoms. The molecule has 3 rings (SSSR count). The number of benzene rings is 2. The van der Waals surface area contributed by atoms with E-state index in [2.05, 4.69) is 9.73 Å². The van der Waals surface area contributed by atoms with Gasteiger partial charge in [-0.15, -0.1) is 17.0 Å². The Bertz CT molecular complexity index is 827. The maximum Gasteiger partial charge on any atom is 0.387 e. The highest BCUT2D eigenvalue weighted by molar-refractivity contribution is 8.93. The minimum absolute atomic E-state index is 0. The molecule has 8 heteroatoms. The van der Waals surface area contributed by atoms with Gasteiger partial charge in [0.25, 0.3) is 0 Å². The Hall–Kier alpha value is -2.48. The van der Waals surface area contributed by atoms with E-state index in [1.165, 1.54) is 24.3 Å². The average Bonchev–Trinajstić information content (AvgIpc) is 2.73. The van der Waals surface area contributed by atoms with E-state index in [-0.39, 0.29) is 35.1 Å². The second-order valence-corrected chi connectivity index (χ2v) is 6.37. The Morgan fingerprint density at radius 3 is 2.28 bits per heavy atom. The minimum atomic E-state index is -2.89. The summed E-state index contributed by atoms with van der Waals surface area (Å²) in [6.07, 6.45) is 2.87. The maximum absolute atomic E-state index is 12.8. The Morgan fingerprint density at radius 2 is 1.72 bits per heavy atom. The fourth-order valence-corrected chi connectivity index (χ4v) is 3.05. The van der Waals surface area contributed by atoms with Crippen LogP contribution in [0.1, 0.15) is 29.6 Å². The second kappa shape index (κ2) is 10.9. The van der Waals surface area contributed by atoms with Gasteiger partial charge in [-0.3, -0.25) is 9.79 Å². The van der Waals surface area contributed by atoms with Gasteiger partial charge in [0.15, 0.2) is 5.78 Å². The number of rotatable bonds is 7. The van der Waals surface area contributed by atoms with Crippen LogP contribution in [-0.4, -0.2) is 38.4 Å². The molecule has 5 nitrogen and oxygen atoms in total. The largest absolute Gasteiger partial charge is 0.497 e. The number of methoxy groups -OCH3 is 1. The molecular formula is C21H23BrF2N2O3. The van der Waals surface area contributed by atoms with Crippen molar-refractivity contribution in [2.45, 2.75) is 25.9 Å². The Balaban J connectivity index is 0.00000300. The molecule has 2 aromatic carbocycles. The van der Waals surface area contributed by atoms with Gasteiger partial charge in [0.05, 0.1) is 13.7 Å². The fourth-order valence-electron chi connectivity index (χ4n) is 3.05. The first-order valence-electron chi connectivity index (χ1n) is 9.10. The summed E-state index contributed by atoms with van der Waals surface area (Å²) < 4.78 is 34.1. The minimum Gasteiger partial charge on any atom is -0.497 e. The van der Waals surface area contributed by atoms with Crippen LogP contribution in [0, 0.1) is 0 Å². The van der Waals surface area contributed by atoms with E-state index >= 15 is 0 Å². The molecule has 0 spiro atoms. The van der Waals surface area contributed by atoms with Gasteiger partial charge in [-0.05, 0) is 61.4 Å². The summed E-state index contributed by atoms with van der Waals surface area (Å²) >= 11 is 0. The SMILES string of the molecule is Br.COc1ccc(N(CC(=O)c2ccc(OC(F)F)cc2)C2=NCCCC2)cc1. The quantitative estimate of drug-likeness (QED) is 0.527. The number of amidine groups is 1. The molecular weight excluding hydrogens is 446 g/mol. The molecule has 0 aromatic heterocycles. The third-order valence-electron chi connectivity index (χ3n) is 4.50. The number of aliphatic imine (C=N–C) groups is 1. The van der Waals surface area contributed by atoms with Gasteiger partial charge in [0.2, 0.25) is 0 Å². The zero-order chi connectivity index (χ0) is 19.9. The lowest BCUT2D eigenvalue weighted by Crippen LogP contribution is -2.37. The van der Waals surface area contributed by atoms with Crippen LogP contribution in [0.25, 0.3) is 0 Å². The molecule has 1 aliphatic heterocycles. The summed E-state index contributed by atoms with van der Waals surface area (Å²) in [5.74, 6) is 1.50. The van der Waals surface area contributed by atoms with Crippen LogP contribution >= 0.6 is 17.0 Å². The van der Waals surface area contributed by atoms with Crippen molar-refractivity contribution in [1.82, 2.24) is 0 Å². The molecule has 0 saturated heterocycles. The smallest absolute Gasteiger partial charge is 0.387 e. The lowest BCUT2D eigenvalue weighted by Gasteiger charge is -2.28. The number of halogens is 3. The number of nitrogens with zero attached hydrogens (tertiary/aromatic N) is 2. The van der Waals surface area contributed by atoms with Crippen LogP contribution in [0.3, 0.4) is 0 Å². The molecule has 0 atom stereocenters. The molecule has 0 N–H and O–H groups in total. The summed E-state index contributed by atoms with van der Waals surface area (Å²) in [6.45, 7) is -2.03. The summed E-state index contributed by atoms with van der Waals surface area (Å²) in [4.78, 5) is 19.3. The first-order valence-corrected chi connectivity index (χ1v) is 9.10. The van der Waals surface area contributed by atoms with Crippen LogP contribution in [-0.2, 0) is 0 Å². The summed E-state index contributed by atoms with van der Waals surface area (Å²) in [7, 11) is 1.60. The van der Waals surface area contributed by atoms with Crippen molar-refractivity contribution < 1.29 is 23.0 Å². The predicted molar refractivity (Wildman–Crippen MR) is 114 cm³/mol. The van der Waals surface area contributed by atoms with Crippen molar-refractivity contribution in [3.05, 3.63) is 54.1 Å². The van der Waals surface area contributed by atoms with E-state index in [1.54, 1.807) is 7.11 Å². The van der Waals surface area contributed by atoms with Crippen LogP contribution in [0.15, 0.2) is 53.5 Å². The Kier molecular flexibility index (Phi) is 8.57. The monoisotopic (exact) mass is 468 g/mol. The summed E-state index contributed by atoms with van der Waals surface area (Å²) in [6, 6.07) is 13.2. The summed E-state index contributed by atoms with van der Waals surface area (Å²) in [5, 5.41) is 0. The molecule has 0 amide bonds. The van der Waals surface area contributed by atoms with Crippen molar-refractivity contribution >= 4 is 34.3 Å². The van der Waals surface area contributed by atoms with Crippen molar-refractivity contribution in [2.24, 2.45) is 4.99 Å². The third kappa shape index (κ3) is 6.25. The molecule has 0 bridgehead atoms. The van der Waals surface area contributed by atoms with Gasteiger partial charge < -0.3 is 14.4 Å². The number of hydrogen-bond acceptors (Lipinski definition) is 5. The fraction of sp³-hybridized carbons (Fsp3) is 0.333. The number of hydrogen-bond donors (Lipinski definition) is 0. The number of ether oxygens (including phenoxy) is 2. The van der Waals surface area contributed by atoms with Crippen molar-refractivity contribution in [1.29, 1.82) is 0 Å². The van der Waals surface area contributed by atoms with Gasteiger partial charge in [-0.25, -0.2) is 0 Å². The number of anilines is 1. The molecule has 0 fully saturated rings. The number of carbonyl (C=O) groups excluding carboxylic acids is 1. The first kappa shape index (κ1) is 22.8. The number of ketones is 1. The first-order chi connectivity index (χ1) is 13.6. The topological polar surface area (TPSA) is 51.1 Å². The average molecular weight is 469 g/mol. The molecule has 1 heterocycles. The lowest BCUT2D eigenvalue weighted by atomic mass is 10.1. The molecule has 1 aliphatic rings. The molecule has 2 aromatic rings. The lowest BCUT2D eigenvalue weighted by molar-refractivity contribution is -0.0498. The second-order valence-electron chi connectivity index (χ2n) is 6.37. The van der Waals surface area contributed by atoms with Crippen LogP contribution in [0.4, 0.5) is 14.5 Å². The van der Waals surface area contributed by atoms with E-state index in [0.717, 1.165) is 43.1 Å². The van der Waals surface area contributed by atoms with Gasteiger partial charge in [-0.1, -0.05) is 0 Å². The zero-order valence-corrected chi connectivity index (χ0v) is 17.7. The third-order valence-corrected chi connectivity index (χ3v) is 4.50. The molecule has 0 aliphatic carbocycles. The molecule has 0 radical (unpaired) electrons. The molecule has 156 valence electrons. The maximum atomic E-state index is 12.8. The number of alkyl halides is 2. The van der Waals surface area contributed by atoms with Gasteiger partial charge >= 0.3 is 6.61 Å².